The number of allylic oxidation sites excluding steroid dienone is 1. The Morgan fingerprint density at radius 2 is 1.74 bits per heavy atom. The first-order valence-electron chi connectivity index (χ1n) is 5.89. The molecular weight excluding hydrogens is 261 g/mol. The Hall–Kier alpha value is -1.17. The van der Waals surface area contributed by atoms with Crippen LogP contribution in [-0.2, 0) is 14.3 Å². The lowest BCUT2D eigenvalue weighted by molar-refractivity contribution is -0.171. The summed E-state index contributed by atoms with van der Waals surface area (Å²) in [6.07, 6.45) is -4.73. The molecule has 0 rings (SSSR count). The van der Waals surface area contributed by atoms with Crippen LogP contribution in [0, 0.1) is 5.92 Å². The van der Waals surface area contributed by atoms with Crippen LogP contribution in [0.1, 0.15) is 33.6 Å². The van der Waals surface area contributed by atoms with Crippen molar-refractivity contribution in [2.24, 2.45) is 5.92 Å². The van der Waals surface area contributed by atoms with Gasteiger partial charge in [0.05, 0.1) is 12.5 Å². The number of hydrogen-bond acceptors (Lipinski definition) is 3. The molecule has 0 unspecified atom stereocenters. The lowest BCUT2D eigenvalue weighted by Crippen LogP contribution is -2.25. The summed E-state index contributed by atoms with van der Waals surface area (Å²) < 4.78 is 41.1. The summed E-state index contributed by atoms with van der Waals surface area (Å²) in [5.74, 6) is -2.56. The van der Waals surface area contributed by atoms with Gasteiger partial charge in [0.2, 0.25) is 5.78 Å². The molecule has 0 heterocycles. The molecule has 0 radical (unpaired) electrons. The third-order valence-electron chi connectivity index (χ3n) is 2.53. The Bertz CT molecular complexity index is 357. The smallest absolute Gasteiger partial charge is 0.377 e. The van der Waals surface area contributed by atoms with Crippen LogP contribution < -0.4 is 0 Å². The normalized spacial score (nSPS) is 14.6. The summed E-state index contributed by atoms with van der Waals surface area (Å²) in [4.78, 5) is 22.0. The van der Waals surface area contributed by atoms with E-state index in [1.54, 1.807) is 13.0 Å². The number of ketones is 2. The van der Waals surface area contributed by atoms with Gasteiger partial charge in [0, 0.05) is 13.5 Å². The molecule has 0 aromatic rings. The van der Waals surface area contributed by atoms with E-state index in [4.69, 9.17) is 4.74 Å². The SMILES string of the molecule is CO[C@H](/C=C(/C)CC(=O)CC(=O)C(F)(F)F)C(C)C. The molecule has 0 spiro atoms. The van der Waals surface area contributed by atoms with Crippen molar-refractivity contribution in [3.63, 3.8) is 0 Å². The molecule has 0 aliphatic rings. The molecule has 0 aromatic heterocycles. The van der Waals surface area contributed by atoms with Gasteiger partial charge in [-0.05, 0) is 12.8 Å². The minimum absolute atomic E-state index is 0.172. The van der Waals surface area contributed by atoms with Crippen LogP contribution in [0.5, 0.6) is 0 Å². The van der Waals surface area contributed by atoms with E-state index in [0.29, 0.717) is 5.57 Å². The number of halogens is 3. The standard InChI is InChI=1S/C13H19F3O3/c1-8(2)11(19-4)6-9(3)5-10(17)7-12(18)13(14,15)16/h6,8,11H,5,7H2,1-4H3/b9-6-/t11-/m1/s1. The van der Waals surface area contributed by atoms with Gasteiger partial charge in [0.15, 0.2) is 0 Å². The number of carbonyl (C=O) groups excluding carboxylic acids is 2. The quantitative estimate of drug-likeness (QED) is 0.531. The van der Waals surface area contributed by atoms with E-state index in [1.807, 2.05) is 13.8 Å². The van der Waals surface area contributed by atoms with Crippen LogP contribution in [0.2, 0.25) is 0 Å². The molecule has 0 bridgehead atoms. The largest absolute Gasteiger partial charge is 0.450 e. The highest BCUT2D eigenvalue weighted by atomic mass is 19.4. The Labute approximate surface area is 110 Å². The minimum Gasteiger partial charge on any atom is -0.377 e. The Morgan fingerprint density at radius 1 is 1.21 bits per heavy atom. The van der Waals surface area contributed by atoms with E-state index in [2.05, 4.69) is 0 Å². The number of alkyl halides is 3. The molecule has 0 amide bonds. The van der Waals surface area contributed by atoms with Crippen LogP contribution >= 0.6 is 0 Å². The summed E-state index contributed by atoms with van der Waals surface area (Å²) in [6.45, 7) is 5.48. The predicted molar refractivity (Wildman–Crippen MR) is 64.7 cm³/mol. The molecule has 1 atom stereocenters. The fourth-order valence-electron chi connectivity index (χ4n) is 1.52. The number of rotatable bonds is 7. The van der Waals surface area contributed by atoms with Crippen LogP contribution in [0.15, 0.2) is 11.6 Å². The van der Waals surface area contributed by atoms with Crippen molar-refractivity contribution in [2.45, 2.75) is 45.9 Å². The van der Waals surface area contributed by atoms with Crippen molar-refractivity contribution in [2.75, 3.05) is 7.11 Å². The topological polar surface area (TPSA) is 43.4 Å². The first-order chi connectivity index (χ1) is 8.57. The van der Waals surface area contributed by atoms with E-state index in [1.165, 1.54) is 7.11 Å². The van der Waals surface area contributed by atoms with Crippen molar-refractivity contribution < 1.29 is 27.5 Å². The summed E-state index contributed by atoms with van der Waals surface area (Å²) in [5.41, 5.74) is 0.598. The van der Waals surface area contributed by atoms with Gasteiger partial charge in [-0.3, -0.25) is 9.59 Å². The first-order valence-corrected chi connectivity index (χ1v) is 5.89. The highest BCUT2D eigenvalue weighted by molar-refractivity contribution is 6.02. The van der Waals surface area contributed by atoms with Gasteiger partial charge in [0.1, 0.15) is 5.78 Å². The fraction of sp³-hybridized carbons (Fsp3) is 0.692. The zero-order chi connectivity index (χ0) is 15.2. The number of carbonyl (C=O) groups is 2. The average molecular weight is 280 g/mol. The van der Waals surface area contributed by atoms with E-state index < -0.39 is 24.2 Å². The van der Waals surface area contributed by atoms with Crippen molar-refractivity contribution in [3.05, 3.63) is 11.6 Å². The highest BCUT2D eigenvalue weighted by Crippen LogP contribution is 2.19. The third-order valence-corrected chi connectivity index (χ3v) is 2.53. The zero-order valence-corrected chi connectivity index (χ0v) is 11.5. The molecular formula is C13H19F3O3. The Morgan fingerprint density at radius 3 is 2.11 bits per heavy atom. The molecule has 0 aliphatic carbocycles. The van der Waals surface area contributed by atoms with E-state index in [9.17, 15) is 22.8 Å². The average Bonchev–Trinajstić information content (AvgIpc) is 2.23. The van der Waals surface area contributed by atoms with Gasteiger partial charge in [-0.25, -0.2) is 0 Å². The van der Waals surface area contributed by atoms with Crippen LogP contribution in [0.4, 0.5) is 13.2 Å². The maximum atomic E-state index is 12.0. The summed E-state index contributed by atoms with van der Waals surface area (Å²) in [7, 11) is 1.52. The molecule has 0 saturated heterocycles. The maximum Gasteiger partial charge on any atom is 0.450 e. The second kappa shape index (κ2) is 7.43. The number of hydrogen-bond donors (Lipinski definition) is 0. The molecule has 0 N–H and O–H groups in total. The summed E-state index contributed by atoms with van der Waals surface area (Å²) >= 11 is 0. The molecule has 6 heteroatoms. The van der Waals surface area contributed by atoms with Crippen LogP contribution in [-0.4, -0.2) is 31.0 Å². The first kappa shape index (κ1) is 17.8. The number of methoxy groups -OCH3 is 1. The number of Topliss-reactive ketones (excluding diaryl/α,β-unsaturated/α-hetero) is 2. The second-order valence-corrected chi connectivity index (χ2v) is 4.77. The molecule has 0 fully saturated rings. The van der Waals surface area contributed by atoms with E-state index in [0.717, 1.165) is 0 Å². The van der Waals surface area contributed by atoms with Crippen molar-refractivity contribution in [3.8, 4) is 0 Å². The highest BCUT2D eigenvalue weighted by Gasteiger charge is 2.38. The third kappa shape index (κ3) is 7.10. The second-order valence-electron chi connectivity index (χ2n) is 4.77. The van der Waals surface area contributed by atoms with Gasteiger partial charge in [-0.1, -0.05) is 25.5 Å². The lowest BCUT2D eigenvalue weighted by atomic mass is 10.0. The predicted octanol–water partition coefficient (Wildman–Crippen LogP) is 3.08. The van der Waals surface area contributed by atoms with Gasteiger partial charge in [0.25, 0.3) is 0 Å². The molecule has 3 nitrogen and oxygen atoms in total. The van der Waals surface area contributed by atoms with Gasteiger partial charge >= 0.3 is 6.18 Å². The molecule has 0 saturated carbocycles. The van der Waals surface area contributed by atoms with E-state index >= 15 is 0 Å². The van der Waals surface area contributed by atoms with E-state index in [-0.39, 0.29) is 18.4 Å². The maximum absolute atomic E-state index is 12.0. The minimum atomic E-state index is -4.94. The molecule has 110 valence electrons. The summed E-state index contributed by atoms with van der Waals surface area (Å²) in [5, 5.41) is 0. The molecule has 19 heavy (non-hydrogen) atoms. The van der Waals surface area contributed by atoms with Crippen molar-refractivity contribution in [1.29, 1.82) is 0 Å². The van der Waals surface area contributed by atoms with Gasteiger partial charge < -0.3 is 4.74 Å². The Kier molecular flexibility index (Phi) is 6.97. The molecule has 0 aliphatic heterocycles. The lowest BCUT2D eigenvalue weighted by Gasteiger charge is -2.16. The van der Waals surface area contributed by atoms with Crippen molar-refractivity contribution >= 4 is 11.6 Å². The summed E-state index contributed by atoms with van der Waals surface area (Å²) in [6, 6.07) is 0. The zero-order valence-electron chi connectivity index (χ0n) is 11.5. The fourth-order valence-corrected chi connectivity index (χ4v) is 1.52. The van der Waals surface area contributed by atoms with Crippen LogP contribution in [0.25, 0.3) is 0 Å². The molecule has 0 aromatic carbocycles. The van der Waals surface area contributed by atoms with Crippen molar-refractivity contribution in [1.82, 2.24) is 0 Å². The van der Waals surface area contributed by atoms with Gasteiger partial charge in [-0.15, -0.1) is 0 Å². The monoisotopic (exact) mass is 280 g/mol. The van der Waals surface area contributed by atoms with Crippen LogP contribution in [0.3, 0.4) is 0 Å². The Balaban J connectivity index is 4.49. The van der Waals surface area contributed by atoms with Gasteiger partial charge in [-0.2, -0.15) is 13.2 Å². The number of ether oxygens (including phenoxy) is 1.